The van der Waals surface area contributed by atoms with Crippen molar-refractivity contribution in [3.63, 3.8) is 0 Å². The fraction of sp³-hybridized carbons (Fsp3) is 0.600. The third-order valence-corrected chi connectivity index (χ3v) is 2.37. The van der Waals surface area contributed by atoms with Gasteiger partial charge in [-0.05, 0) is 32.8 Å². The first-order chi connectivity index (χ1) is 6.15. The topological polar surface area (TPSA) is 25.8 Å². The van der Waals surface area contributed by atoms with Gasteiger partial charge in [0.15, 0.2) is 0 Å². The third-order valence-electron chi connectivity index (χ3n) is 2.37. The maximum atomic E-state index is 4.46. The highest BCUT2D eigenvalue weighted by Gasteiger charge is 2.04. The Bertz CT molecular complexity index is 297. The summed E-state index contributed by atoms with van der Waals surface area (Å²) in [6.45, 7) is 6.13. The summed E-state index contributed by atoms with van der Waals surface area (Å²) in [5.41, 5.74) is 3.62. The van der Waals surface area contributed by atoms with Gasteiger partial charge in [-0.1, -0.05) is 12.7 Å². The van der Waals surface area contributed by atoms with E-state index in [9.17, 15) is 0 Å². The zero-order valence-electron chi connectivity index (χ0n) is 9.02. The molecule has 0 aromatic carbocycles. The first kappa shape index (κ1) is 10.2. The lowest BCUT2D eigenvalue weighted by molar-refractivity contribution is 0.831. The standard InChI is InChI=1S/C10H17BN2/c1-7-8(2)12-9(3)13-10(7)5-4-6-11/h4-6,11H2,1-3H3. The van der Waals surface area contributed by atoms with Crippen molar-refractivity contribution >= 4 is 7.85 Å². The average Bonchev–Trinajstić information content (AvgIpc) is 2.09. The van der Waals surface area contributed by atoms with E-state index in [0.29, 0.717) is 0 Å². The summed E-state index contributed by atoms with van der Waals surface area (Å²) in [5.74, 6) is 0.897. The summed E-state index contributed by atoms with van der Waals surface area (Å²) in [6.07, 6.45) is 3.53. The third kappa shape index (κ3) is 2.54. The highest BCUT2D eigenvalue weighted by Crippen LogP contribution is 2.11. The number of hydrogen-bond acceptors (Lipinski definition) is 2. The minimum Gasteiger partial charge on any atom is -0.238 e. The smallest absolute Gasteiger partial charge is 0.125 e. The van der Waals surface area contributed by atoms with Gasteiger partial charge in [0.1, 0.15) is 13.7 Å². The van der Waals surface area contributed by atoms with Crippen LogP contribution in [0, 0.1) is 20.8 Å². The fourth-order valence-electron chi connectivity index (χ4n) is 1.43. The van der Waals surface area contributed by atoms with E-state index < -0.39 is 0 Å². The van der Waals surface area contributed by atoms with Crippen molar-refractivity contribution in [2.75, 3.05) is 0 Å². The molecule has 70 valence electrons. The predicted molar refractivity (Wildman–Crippen MR) is 57.9 cm³/mol. The van der Waals surface area contributed by atoms with Crippen LogP contribution >= 0.6 is 0 Å². The van der Waals surface area contributed by atoms with Gasteiger partial charge >= 0.3 is 0 Å². The van der Waals surface area contributed by atoms with Crippen molar-refractivity contribution in [1.82, 2.24) is 9.97 Å². The van der Waals surface area contributed by atoms with Gasteiger partial charge in [-0.2, -0.15) is 0 Å². The molecule has 0 saturated heterocycles. The van der Waals surface area contributed by atoms with Crippen molar-refractivity contribution in [2.24, 2.45) is 0 Å². The van der Waals surface area contributed by atoms with Gasteiger partial charge in [0, 0.05) is 11.4 Å². The summed E-state index contributed by atoms with van der Waals surface area (Å²) < 4.78 is 0. The Hall–Kier alpha value is -0.855. The van der Waals surface area contributed by atoms with Crippen molar-refractivity contribution in [2.45, 2.75) is 39.9 Å². The number of aromatic nitrogens is 2. The van der Waals surface area contributed by atoms with Gasteiger partial charge in [0.2, 0.25) is 0 Å². The van der Waals surface area contributed by atoms with Crippen molar-refractivity contribution in [3.8, 4) is 0 Å². The molecule has 0 aliphatic carbocycles. The highest BCUT2D eigenvalue weighted by molar-refractivity contribution is 6.08. The van der Waals surface area contributed by atoms with Gasteiger partial charge in [0.25, 0.3) is 0 Å². The second kappa shape index (κ2) is 4.40. The molecule has 1 heterocycles. The molecule has 0 aliphatic heterocycles. The monoisotopic (exact) mass is 176 g/mol. The Balaban J connectivity index is 2.92. The maximum absolute atomic E-state index is 4.46. The second-order valence-electron chi connectivity index (χ2n) is 3.53. The molecule has 1 aromatic heterocycles. The molecule has 0 spiro atoms. The van der Waals surface area contributed by atoms with E-state index in [2.05, 4.69) is 31.7 Å². The van der Waals surface area contributed by atoms with Crippen molar-refractivity contribution < 1.29 is 0 Å². The molecule has 0 N–H and O–H groups in total. The van der Waals surface area contributed by atoms with Crippen molar-refractivity contribution in [1.29, 1.82) is 0 Å². The van der Waals surface area contributed by atoms with Gasteiger partial charge in [-0.25, -0.2) is 9.97 Å². The molecule has 13 heavy (non-hydrogen) atoms. The summed E-state index contributed by atoms with van der Waals surface area (Å²) >= 11 is 0. The molecule has 2 nitrogen and oxygen atoms in total. The quantitative estimate of drug-likeness (QED) is 0.650. The Kier molecular flexibility index (Phi) is 3.46. The number of hydrogen-bond donors (Lipinski definition) is 0. The minimum atomic E-state index is 0.897. The van der Waals surface area contributed by atoms with Crippen LogP contribution in [0.15, 0.2) is 0 Å². The van der Waals surface area contributed by atoms with E-state index in [0.717, 1.165) is 17.9 Å². The molecular weight excluding hydrogens is 159 g/mol. The molecule has 0 radical (unpaired) electrons. The Labute approximate surface area is 81.2 Å². The largest absolute Gasteiger partial charge is 0.238 e. The van der Waals surface area contributed by atoms with E-state index in [4.69, 9.17) is 0 Å². The van der Waals surface area contributed by atoms with E-state index in [-0.39, 0.29) is 0 Å². The molecule has 0 saturated carbocycles. The van der Waals surface area contributed by atoms with Gasteiger partial charge in [0.05, 0.1) is 0 Å². The molecule has 1 aromatic rings. The first-order valence-electron chi connectivity index (χ1n) is 4.96. The van der Waals surface area contributed by atoms with E-state index in [1.165, 1.54) is 24.0 Å². The number of rotatable bonds is 3. The number of nitrogens with zero attached hydrogens (tertiary/aromatic N) is 2. The molecule has 0 fully saturated rings. The van der Waals surface area contributed by atoms with Crippen LogP contribution in [0.1, 0.15) is 29.2 Å². The summed E-state index contributed by atoms with van der Waals surface area (Å²) in [5, 5.41) is 0. The predicted octanol–water partition coefficient (Wildman–Crippen LogP) is 1.39. The summed E-state index contributed by atoms with van der Waals surface area (Å²) in [6, 6.07) is 0. The molecule has 0 aliphatic rings. The van der Waals surface area contributed by atoms with Crippen LogP contribution in [0.5, 0.6) is 0 Å². The van der Waals surface area contributed by atoms with Crippen LogP contribution in [-0.2, 0) is 6.42 Å². The molecule has 0 atom stereocenters. The molecule has 0 amide bonds. The van der Waals surface area contributed by atoms with Gasteiger partial charge < -0.3 is 0 Å². The van der Waals surface area contributed by atoms with Crippen LogP contribution in [0.4, 0.5) is 0 Å². The van der Waals surface area contributed by atoms with Crippen molar-refractivity contribution in [3.05, 3.63) is 22.8 Å². The summed E-state index contributed by atoms with van der Waals surface area (Å²) in [4.78, 5) is 8.79. The minimum absolute atomic E-state index is 0.897. The molecular formula is C10H17BN2. The van der Waals surface area contributed by atoms with E-state index in [1.54, 1.807) is 0 Å². The first-order valence-corrected chi connectivity index (χ1v) is 4.96. The van der Waals surface area contributed by atoms with Crippen LogP contribution in [-0.4, -0.2) is 17.8 Å². The van der Waals surface area contributed by atoms with E-state index in [1.807, 2.05) is 6.92 Å². The number of aryl methyl sites for hydroxylation is 3. The fourth-order valence-corrected chi connectivity index (χ4v) is 1.43. The zero-order valence-corrected chi connectivity index (χ0v) is 9.02. The second-order valence-corrected chi connectivity index (χ2v) is 3.53. The average molecular weight is 176 g/mol. The van der Waals surface area contributed by atoms with Crippen LogP contribution < -0.4 is 0 Å². The summed E-state index contributed by atoms with van der Waals surface area (Å²) in [7, 11) is 2.20. The maximum Gasteiger partial charge on any atom is 0.125 e. The molecule has 1 rings (SSSR count). The normalized spacial score (nSPS) is 10.4. The Morgan fingerprint density at radius 2 is 1.85 bits per heavy atom. The van der Waals surface area contributed by atoms with E-state index >= 15 is 0 Å². The van der Waals surface area contributed by atoms with Gasteiger partial charge in [-0.3, -0.25) is 0 Å². The van der Waals surface area contributed by atoms with Gasteiger partial charge in [-0.15, -0.1) is 0 Å². The SMILES string of the molecule is BCCCc1nc(C)nc(C)c1C. The Morgan fingerprint density at radius 3 is 2.46 bits per heavy atom. The van der Waals surface area contributed by atoms with Crippen LogP contribution in [0.3, 0.4) is 0 Å². The van der Waals surface area contributed by atoms with Crippen LogP contribution in [0.25, 0.3) is 0 Å². The highest BCUT2D eigenvalue weighted by atomic mass is 14.9. The molecule has 0 bridgehead atoms. The molecule has 0 unspecified atom stereocenters. The zero-order chi connectivity index (χ0) is 9.84. The van der Waals surface area contributed by atoms with Crippen LogP contribution in [0.2, 0.25) is 6.32 Å². The Morgan fingerprint density at radius 1 is 1.15 bits per heavy atom. The lowest BCUT2D eigenvalue weighted by Crippen LogP contribution is -2.02. The lowest BCUT2D eigenvalue weighted by Gasteiger charge is -2.07. The lowest BCUT2D eigenvalue weighted by atomic mass is 9.98. The molecule has 3 heteroatoms.